The van der Waals surface area contributed by atoms with E-state index in [4.69, 9.17) is 0 Å². The first-order valence-electron chi connectivity index (χ1n) is 10.2. The maximum atomic E-state index is 4.60. The molecule has 1 aromatic heterocycles. The Morgan fingerprint density at radius 1 is 1.08 bits per heavy atom. The number of piperidine rings is 1. The van der Waals surface area contributed by atoms with Crippen molar-refractivity contribution in [3.05, 3.63) is 11.3 Å². The molecule has 1 aliphatic carbocycles. The van der Waals surface area contributed by atoms with Crippen molar-refractivity contribution in [2.75, 3.05) is 38.6 Å². The Labute approximate surface area is 153 Å². The first-order valence-corrected chi connectivity index (χ1v) is 10.2. The summed E-state index contributed by atoms with van der Waals surface area (Å²) >= 11 is 0. The van der Waals surface area contributed by atoms with Crippen LogP contribution in [0.4, 0.5) is 5.82 Å². The van der Waals surface area contributed by atoms with Gasteiger partial charge in [-0.2, -0.15) is 5.10 Å². The molecule has 0 unspecified atom stereocenters. The third kappa shape index (κ3) is 4.76. The zero-order valence-electron chi connectivity index (χ0n) is 16.7. The van der Waals surface area contributed by atoms with Crippen LogP contribution in [0.5, 0.6) is 0 Å². The molecule has 2 aliphatic rings. The third-order valence-corrected chi connectivity index (χ3v) is 6.13. The van der Waals surface area contributed by atoms with Crippen molar-refractivity contribution >= 4 is 5.82 Å². The quantitative estimate of drug-likeness (QED) is 0.858. The van der Waals surface area contributed by atoms with Gasteiger partial charge < -0.3 is 15.1 Å². The first-order chi connectivity index (χ1) is 12.0. The van der Waals surface area contributed by atoms with Crippen molar-refractivity contribution in [1.82, 2.24) is 20.0 Å². The van der Waals surface area contributed by atoms with Crippen molar-refractivity contribution in [2.24, 2.45) is 13.0 Å². The number of rotatable bonds is 6. The van der Waals surface area contributed by atoms with Crippen LogP contribution in [0, 0.1) is 12.8 Å². The summed E-state index contributed by atoms with van der Waals surface area (Å²) in [4.78, 5) is 4.89. The van der Waals surface area contributed by atoms with E-state index < -0.39 is 0 Å². The molecule has 3 rings (SSSR count). The summed E-state index contributed by atoms with van der Waals surface area (Å²) in [5.74, 6) is 2.19. The van der Waals surface area contributed by atoms with E-state index in [9.17, 15) is 0 Å². The molecule has 0 spiro atoms. The number of aryl methyl sites for hydroxylation is 2. The van der Waals surface area contributed by atoms with E-state index in [0.717, 1.165) is 18.2 Å². The van der Waals surface area contributed by atoms with Gasteiger partial charge >= 0.3 is 0 Å². The summed E-state index contributed by atoms with van der Waals surface area (Å²) in [6.45, 7) is 6.93. The normalized spacial score (nSPS) is 21.0. The SMILES string of the molecule is Cc1nn(C)c(N(C)C)c1CNC1CCN(CC2CCCCC2)CC1. The van der Waals surface area contributed by atoms with Gasteiger partial charge in [0.2, 0.25) is 0 Å². The topological polar surface area (TPSA) is 36.3 Å². The van der Waals surface area contributed by atoms with E-state index in [1.165, 1.54) is 76.0 Å². The Morgan fingerprint density at radius 3 is 2.40 bits per heavy atom. The van der Waals surface area contributed by atoms with Crippen LogP contribution in [0.2, 0.25) is 0 Å². The average molecular weight is 348 g/mol. The van der Waals surface area contributed by atoms with Gasteiger partial charge in [-0.25, -0.2) is 0 Å². The zero-order chi connectivity index (χ0) is 17.8. The van der Waals surface area contributed by atoms with E-state index in [2.05, 4.69) is 41.2 Å². The van der Waals surface area contributed by atoms with Gasteiger partial charge in [-0.05, 0) is 51.6 Å². The Hall–Kier alpha value is -1.07. The molecule has 1 aromatic rings. The number of likely N-dealkylation sites (tertiary alicyclic amines) is 1. The molecule has 0 radical (unpaired) electrons. The van der Waals surface area contributed by atoms with Crippen molar-refractivity contribution in [3.63, 3.8) is 0 Å². The Bertz CT molecular complexity index is 537. The Morgan fingerprint density at radius 2 is 1.76 bits per heavy atom. The first kappa shape index (κ1) is 18.7. The van der Waals surface area contributed by atoms with Gasteiger partial charge in [0.25, 0.3) is 0 Å². The maximum Gasteiger partial charge on any atom is 0.130 e. The lowest BCUT2D eigenvalue weighted by molar-refractivity contribution is 0.155. The van der Waals surface area contributed by atoms with Crippen molar-refractivity contribution in [2.45, 2.75) is 64.5 Å². The molecule has 1 N–H and O–H groups in total. The molecule has 2 fully saturated rings. The van der Waals surface area contributed by atoms with Gasteiger partial charge in [0, 0.05) is 45.8 Å². The molecule has 0 amide bonds. The summed E-state index contributed by atoms with van der Waals surface area (Å²) in [6, 6.07) is 0.650. The van der Waals surface area contributed by atoms with Gasteiger partial charge in [-0.15, -0.1) is 0 Å². The number of nitrogens with zero attached hydrogens (tertiary/aromatic N) is 4. The molecule has 25 heavy (non-hydrogen) atoms. The van der Waals surface area contributed by atoms with E-state index in [-0.39, 0.29) is 0 Å². The van der Waals surface area contributed by atoms with Crippen molar-refractivity contribution < 1.29 is 0 Å². The van der Waals surface area contributed by atoms with Crippen LogP contribution >= 0.6 is 0 Å². The fraction of sp³-hybridized carbons (Fsp3) is 0.850. The fourth-order valence-corrected chi connectivity index (χ4v) is 4.76. The van der Waals surface area contributed by atoms with Crippen LogP contribution in [0.15, 0.2) is 0 Å². The zero-order valence-corrected chi connectivity index (χ0v) is 16.7. The van der Waals surface area contributed by atoms with E-state index in [1.807, 2.05) is 11.7 Å². The van der Waals surface area contributed by atoms with Gasteiger partial charge in [0.15, 0.2) is 0 Å². The Balaban J connectivity index is 1.45. The molecule has 0 atom stereocenters. The minimum atomic E-state index is 0.650. The van der Waals surface area contributed by atoms with Crippen LogP contribution in [0.1, 0.15) is 56.2 Å². The highest BCUT2D eigenvalue weighted by Crippen LogP contribution is 2.26. The lowest BCUT2D eigenvalue weighted by Gasteiger charge is -2.35. The molecule has 0 bridgehead atoms. The molecule has 142 valence electrons. The predicted molar refractivity (Wildman–Crippen MR) is 105 cm³/mol. The lowest BCUT2D eigenvalue weighted by Crippen LogP contribution is -2.44. The molecule has 0 aromatic carbocycles. The number of aromatic nitrogens is 2. The van der Waals surface area contributed by atoms with Crippen LogP contribution in [0.25, 0.3) is 0 Å². The average Bonchev–Trinajstić information content (AvgIpc) is 2.89. The lowest BCUT2D eigenvalue weighted by atomic mass is 9.88. The minimum Gasteiger partial charge on any atom is -0.363 e. The number of hydrogen-bond acceptors (Lipinski definition) is 4. The van der Waals surface area contributed by atoms with Gasteiger partial charge in [0.05, 0.1) is 5.69 Å². The maximum absolute atomic E-state index is 4.60. The molecule has 1 saturated carbocycles. The molecule has 1 saturated heterocycles. The highest BCUT2D eigenvalue weighted by atomic mass is 15.4. The number of nitrogens with one attached hydrogen (secondary N) is 1. The van der Waals surface area contributed by atoms with E-state index in [1.54, 1.807) is 0 Å². The van der Waals surface area contributed by atoms with Gasteiger partial charge in [-0.1, -0.05) is 19.3 Å². The second kappa shape index (κ2) is 8.54. The van der Waals surface area contributed by atoms with Crippen LogP contribution in [0.3, 0.4) is 0 Å². The van der Waals surface area contributed by atoms with Crippen LogP contribution in [-0.2, 0) is 13.6 Å². The highest BCUT2D eigenvalue weighted by Gasteiger charge is 2.23. The molecule has 1 aliphatic heterocycles. The van der Waals surface area contributed by atoms with Crippen LogP contribution < -0.4 is 10.2 Å². The molecule has 5 heteroatoms. The third-order valence-electron chi connectivity index (χ3n) is 6.13. The number of hydrogen-bond donors (Lipinski definition) is 1. The molecular formula is C20H37N5. The van der Waals surface area contributed by atoms with Crippen molar-refractivity contribution in [1.29, 1.82) is 0 Å². The second-order valence-corrected chi connectivity index (χ2v) is 8.37. The summed E-state index contributed by atoms with van der Waals surface area (Å²) in [5.41, 5.74) is 2.49. The molecule has 2 heterocycles. The van der Waals surface area contributed by atoms with Gasteiger partial charge in [-0.3, -0.25) is 4.68 Å². The van der Waals surface area contributed by atoms with E-state index >= 15 is 0 Å². The summed E-state index contributed by atoms with van der Waals surface area (Å²) in [5, 5.41) is 8.40. The monoisotopic (exact) mass is 347 g/mol. The summed E-state index contributed by atoms with van der Waals surface area (Å²) < 4.78 is 2.00. The highest BCUT2D eigenvalue weighted by molar-refractivity contribution is 5.48. The number of anilines is 1. The van der Waals surface area contributed by atoms with Crippen molar-refractivity contribution in [3.8, 4) is 0 Å². The Kier molecular flexibility index (Phi) is 6.39. The van der Waals surface area contributed by atoms with Crippen LogP contribution in [-0.4, -0.2) is 54.5 Å². The summed E-state index contributed by atoms with van der Waals surface area (Å²) in [7, 11) is 6.24. The fourth-order valence-electron chi connectivity index (χ4n) is 4.76. The van der Waals surface area contributed by atoms with E-state index in [0.29, 0.717) is 6.04 Å². The molecule has 5 nitrogen and oxygen atoms in total. The predicted octanol–water partition coefficient (Wildman–Crippen LogP) is 2.93. The smallest absolute Gasteiger partial charge is 0.130 e. The van der Waals surface area contributed by atoms with Gasteiger partial charge in [0.1, 0.15) is 5.82 Å². The minimum absolute atomic E-state index is 0.650. The molecular weight excluding hydrogens is 310 g/mol. The largest absolute Gasteiger partial charge is 0.363 e. The standard InChI is InChI=1S/C20H37N5/c1-16-19(20(23(2)3)24(4)22-16)14-21-18-10-12-25(13-11-18)15-17-8-6-5-7-9-17/h17-18,21H,5-15H2,1-4H3. The second-order valence-electron chi connectivity index (χ2n) is 8.37. The summed E-state index contributed by atoms with van der Waals surface area (Å²) in [6.07, 6.45) is 9.87.